The Bertz CT molecular complexity index is 686. The molecule has 0 spiro atoms. The first kappa shape index (κ1) is 16.3. The van der Waals surface area contributed by atoms with Crippen molar-refractivity contribution >= 4 is 11.6 Å². The van der Waals surface area contributed by atoms with Gasteiger partial charge in [-0.3, -0.25) is 0 Å². The van der Waals surface area contributed by atoms with Gasteiger partial charge in [0.2, 0.25) is 0 Å². The first-order chi connectivity index (χ1) is 11.7. The zero-order valence-corrected chi connectivity index (χ0v) is 14.4. The zero-order valence-electron chi connectivity index (χ0n) is 14.4. The molecule has 0 unspecified atom stereocenters. The van der Waals surface area contributed by atoms with Gasteiger partial charge < -0.3 is 19.3 Å². The van der Waals surface area contributed by atoms with E-state index >= 15 is 0 Å². The van der Waals surface area contributed by atoms with Crippen LogP contribution in [0.4, 0.5) is 11.6 Å². The monoisotopic (exact) mass is 329 g/mol. The topological polar surface area (TPSA) is 63.6 Å². The summed E-state index contributed by atoms with van der Waals surface area (Å²) in [7, 11) is 1.59. The molecule has 0 amide bonds. The Hall–Kier alpha value is -2.57. The van der Waals surface area contributed by atoms with Crippen LogP contribution in [0, 0.1) is 6.92 Å². The second kappa shape index (κ2) is 7.33. The Morgan fingerprint density at radius 2 is 1.88 bits per heavy atom. The van der Waals surface area contributed by atoms with E-state index in [2.05, 4.69) is 24.8 Å². The summed E-state index contributed by atoms with van der Waals surface area (Å²) < 4.78 is 10.9. The number of methoxy groups -OCH3 is 1. The molecule has 128 valence electrons. The largest absolute Gasteiger partial charge is 0.490 e. The van der Waals surface area contributed by atoms with E-state index in [0.29, 0.717) is 12.6 Å². The van der Waals surface area contributed by atoms with Crippen molar-refractivity contribution in [3.05, 3.63) is 30.1 Å². The summed E-state index contributed by atoms with van der Waals surface area (Å²) in [5, 5.41) is 0. The van der Waals surface area contributed by atoms with Gasteiger partial charge in [0.25, 0.3) is 0 Å². The molecule has 1 aliphatic heterocycles. The molecule has 3 rings (SSSR count). The number of anilines is 2. The second-order valence-electron chi connectivity index (χ2n) is 5.59. The van der Waals surface area contributed by atoms with Crippen molar-refractivity contribution in [3.8, 4) is 11.8 Å². The number of piperazine rings is 1. The number of ether oxygens (including phenoxy) is 2. The van der Waals surface area contributed by atoms with Crippen LogP contribution in [0.5, 0.6) is 11.8 Å². The molecule has 24 heavy (non-hydrogen) atoms. The Morgan fingerprint density at radius 3 is 2.58 bits per heavy atom. The third-order valence-corrected chi connectivity index (χ3v) is 3.96. The van der Waals surface area contributed by atoms with Gasteiger partial charge in [0.15, 0.2) is 11.6 Å². The standard InChI is InChI=1S/C17H23N5O2/c1-4-24-14-6-5-7-18-16(14)22-10-8-21(9-11-22)15-12-13(2)19-17(20-15)23-3/h5-7,12H,4,8-11H2,1-3H3. The predicted octanol–water partition coefficient (Wildman–Crippen LogP) is 1.91. The van der Waals surface area contributed by atoms with Gasteiger partial charge in [-0.1, -0.05) is 0 Å². The maximum atomic E-state index is 5.69. The van der Waals surface area contributed by atoms with Crippen molar-refractivity contribution in [2.75, 3.05) is 49.7 Å². The lowest BCUT2D eigenvalue weighted by Gasteiger charge is -2.36. The van der Waals surface area contributed by atoms with Crippen LogP contribution in [0.2, 0.25) is 0 Å². The minimum absolute atomic E-state index is 0.413. The summed E-state index contributed by atoms with van der Waals surface area (Å²) >= 11 is 0. The Morgan fingerprint density at radius 1 is 1.12 bits per heavy atom. The highest BCUT2D eigenvalue weighted by Crippen LogP contribution is 2.27. The van der Waals surface area contributed by atoms with E-state index < -0.39 is 0 Å². The van der Waals surface area contributed by atoms with E-state index in [4.69, 9.17) is 9.47 Å². The number of pyridine rings is 1. The van der Waals surface area contributed by atoms with Gasteiger partial charge in [-0.25, -0.2) is 9.97 Å². The molecule has 3 heterocycles. The summed E-state index contributed by atoms with van der Waals surface area (Å²) in [6.07, 6.45) is 1.81. The average Bonchev–Trinajstić information content (AvgIpc) is 2.62. The number of nitrogens with zero attached hydrogens (tertiary/aromatic N) is 5. The highest BCUT2D eigenvalue weighted by Gasteiger charge is 2.22. The van der Waals surface area contributed by atoms with Gasteiger partial charge >= 0.3 is 6.01 Å². The van der Waals surface area contributed by atoms with Gasteiger partial charge in [-0.15, -0.1) is 0 Å². The summed E-state index contributed by atoms with van der Waals surface area (Å²) in [6, 6.07) is 6.28. The molecule has 0 radical (unpaired) electrons. The summed E-state index contributed by atoms with van der Waals surface area (Å²) in [5.41, 5.74) is 0.905. The first-order valence-corrected chi connectivity index (χ1v) is 8.18. The van der Waals surface area contributed by atoms with Gasteiger partial charge in [0.05, 0.1) is 13.7 Å². The second-order valence-corrected chi connectivity index (χ2v) is 5.59. The van der Waals surface area contributed by atoms with Crippen molar-refractivity contribution < 1.29 is 9.47 Å². The molecule has 7 nitrogen and oxygen atoms in total. The fourth-order valence-corrected chi connectivity index (χ4v) is 2.81. The summed E-state index contributed by atoms with van der Waals surface area (Å²) in [4.78, 5) is 17.7. The number of aryl methyl sites for hydroxylation is 1. The van der Waals surface area contributed by atoms with Crippen LogP contribution in [0.15, 0.2) is 24.4 Å². The van der Waals surface area contributed by atoms with Crippen LogP contribution >= 0.6 is 0 Å². The fourth-order valence-electron chi connectivity index (χ4n) is 2.81. The van der Waals surface area contributed by atoms with Gasteiger partial charge in [0.1, 0.15) is 5.82 Å². The van der Waals surface area contributed by atoms with Crippen LogP contribution < -0.4 is 19.3 Å². The van der Waals surface area contributed by atoms with E-state index in [1.165, 1.54) is 0 Å². The van der Waals surface area contributed by atoms with E-state index in [1.54, 1.807) is 7.11 Å². The van der Waals surface area contributed by atoms with Crippen molar-refractivity contribution in [1.82, 2.24) is 15.0 Å². The lowest BCUT2D eigenvalue weighted by atomic mass is 10.2. The summed E-state index contributed by atoms with van der Waals surface area (Å²) in [6.45, 7) is 8.03. The Labute approximate surface area is 142 Å². The number of aromatic nitrogens is 3. The van der Waals surface area contributed by atoms with Crippen molar-refractivity contribution in [2.45, 2.75) is 13.8 Å². The molecule has 0 atom stereocenters. The molecular weight excluding hydrogens is 306 g/mol. The van der Waals surface area contributed by atoms with E-state index in [0.717, 1.165) is 49.3 Å². The van der Waals surface area contributed by atoms with Crippen LogP contribution in [0.1, 0.15) is 12.6 Å². The molecule has 0 saturated carbocycles. The lowest BCUT2D eigenvalue weighted by Crippen LogP contribution is -2.47. The predicted molar refractivity (Wildman–Crippen MR) is 93.2 cm³/mol. The normalized spacial score (nSPS) is 14.6. The van der Waals surface area contributed by atoms with E-state index in [9.17, 15) is 0 Å². The molecule has 0 bridgehead atoms. The van der Waals surface area contributed by atoms with Crippen molar-refractivity contribution in [2.24, 2.45) is 0 Å². The SMILES string of the molecule is CCOc1cccnc1N1CCN(c2cc(C)nc(OC)n2)CC1. The van der Waals surface area contributed by atoms with Crippen LogP contribution in [0.25, 0.3) is 0 Å². The smallest absolute Gasteiger partial charge is 0.318 e. The van der Waals surface area contributed by atoms with Crippen LogP contribution in [-0.2, 0) is 0 Å². The fraction of sp³-hybridized carbons (Fsp3) is 0.471. The van der Waals surface area contributed by atoms with Crippen LogP contribution in [0.3, 0.4) is 0 Å². The first-order valence-electron chi connectivity index (χ1n) is 8.18. The van der Waals surface area contributed by atoms with Gasteiger partial charge in [-0.05, 0) is 26.0 Å². The van der Waals surface area contributed by atoms with Crippen molar-refractivity contribution in [1.29, 1.82) is 0 Å². The summed E-state index contributed by atoms with van der Waals surface area (Å²) in [5.74, 6) is 2.66. The zero-order chi connectivity index (χ0) is 16.9. The molecule has 1 saturated heterocycles. The lowest BCUT2D eigenvalue weighted by molar-refractivity contribution is 0.338. The minimum atomic E-state index is 0.413. The minimum Gasteiger partial charge on any atom is -0.490 e. The number of hydrogen-bond donors (Lipinski definition) is 0. The molecule has 1 aliphatic rings. The molecule has 0 aromatic carbocycles. The van der Waals surface area contributed by atoms with Gasteiger partial charge in [0, 0.05) is 44.1 Å². The molecule has 7 heteroatoms. The average molecular weight is 329 g/mol. The van der Waals surface area contributed by atoms with E-state index in [1.807, 2.05) is 38.2 Å². The molecule has 0 aliphatic carbocycles. The number of rotatable bonds is 5. The Balaban J connectivity index is 1.71. The highest BCUT2D eigenvalue weighted by atomic mass is 16.5. The van der Waals surface area contributed by atoms with Crippen molar-refractivity contribution in [3.63, 3.8) is 0 Å². The maximum absolute atomic E-state index is 5.69. The highest BCUT2D eigenvalue weighted by molar-refractivity contribution is 5.54. The van der Waals surface area contributed by atoms with Crippen LogP contribution in [-0.4, -0.2) is 54.8 Å². The maximum Gasteiger partial charge on any atom is 0.318 e. The molecule has 1 fully saturated rings. The van der Waals surface area contributed by atoms with Gasteiger partial charge in [-0.2, -0.15) is 4.98 Å². The molecule has 2 aromatic rings. The van der Waals surface area contributed by atoms with E-state index in [-0.39, 0.29) is 0 Å². The molecule has 0 N–H and O–H groups in total. The quantitative estimate of drug-likeness (QED) is 0.830. The third-order valence-electron chi connectivity index (χ3n) is 3.96. The third kappa shape index (κ3) is 3.50. The number of hydrogen-bond acceptors (Lipinski definition) is 7. The molecular formula is C17H23N5O2. The molecule has 2 aromatic heterocycles. The Kier molecular flexibility index (Phi) is 4.98.